The van der Waals surface area contributed by atoms with E-state index in [0.717, 1.165) is 25.7 Å². The number of ketones is 2. The number of carbonyl (C=O) groups excluding carboxylic acids is 2. The van der Waals surface area contributed by atoms with Crippen molar-refractivity contribution >= 4 is 51.5 Å². The predicted octanol–water partition coefficient (Wildman–Crippen LogP) is 0.480. The van der Waals surface area contributed by atoms with Crippen LogP contribution >= 0.6 is 0 Å². The summed E-state index contributed by atoms with van der Waals surface area (Å²) in [7, 11) is -4.67. The molecule has 0 heterocycles. The molecule has 0 radical (unpaired) electrons. The van der Waals surface area contributed by atoms with Gasteiger partial charge in [-0.3, -0.25) is 18.7 Å². The number of aliphatic hydroxyl groups is 3. The molecule has 9 nitrogen and oxygen atoms in total. The van der Waals surface area contributed by atoms with E-state index in [1.54, 1.807) is 6.08 Å². The van der Waals surface area contributed by atoms with Crippen LogP contribution in [0.15, 0.2) is 11.6 Å². The van der Waals surface area contributed by atoms with Crippen molar-refractivity contribution in [2.24, 2.45) is 28.6 Å². The fourth-order valence-corrected chi connectivity index (χ4v) is 7.28. The topological polar surface area (TPSA) is 169 Å². The second-order valence-electron chi connectivity index (χ2n) is 10.0. The normalized spacial score (nSPS) is 42.8. The number of Topliss-reactive ketones (excluding diaryl/α,β-unsaturated/α-hetero) is 1. The van der Waals surface area contributed by atoms with Gasteiger partial charge in [-0.2, -0.15) is 8.42 Å². The molecule has 4 aliphatic rings. The molecule has 32 heavy (non-hydrogen) atoms. The fraction of sp³-hybridized carbons (Fsp3) is 0.810. The van der Waals surface area contributed by atoms with E-state index in [4.69, 9.17) is 17.5 Å². The van der Waals surface area contributed by atoms with Crippen molar-refractivity contribution in [3.05, 3.63) is 11.6 Å². The molecule has 0 aliphatic heterocycles. The van der Waals surface area contributed by atoms with Crippen LogP contribution in [0.2, 0.25) is 0 Å². The van der Waals surface area contributed by atoms with Crippen LogP contribution in [0.4, 0.5) is 0 Å². The van der Waals surface area contributed by atoms with Crippen molar-refractivity contribution in [3.63, 3.8) is 0 Å². The Hall–Kier alpha value is -0.170. The zero-order chi connectivity index (χ0) is 23.4. The molecule has 0 spiro atoms. The van der Waals surface area contributed by atoms with Gasteiger partial charge in [-0.05, 0) is 67.8 Å². The molecule has 0 aromatic heterocycles. The molecule has 7 atom stereocenters. The van der Waals surface area contributed by atoms with Gasteiger partial charge in [0.05, 0.1) is 6.10 Å². The number of carbonyl (C=O) groups is 2. The SMILES string of the molecule is C[C@]12CCC(=O)C=C1CC[C@@H]1[C@@H]2[C@@H](O)C[C@@]2(C)[C@H]1CC[C@]2(O)C(=O)CO.O=S(=O)(O)O.[NaH]. The molecule has 0 unspecified atom stereocenters. The summed E-state index contributed by atoms with van der Waals surface area (Å²) >= 11 is 0. The zero-order valence-electron chi connectivity index (χ0n) is 17.8. The molecule has 4 rings (SSSR count). The van der Waals surface area contributed by atoms with E-state index in [0.29, 0.717) is 19.3 Å². The summed E-state index contributed by atoms with van der Waals surface area (Å²) in [6.07, 6.45) is 5.74. The first kappa shape index (κ1) is 28.1. The summed E-state index contributed by atoms with van der Waals surface area (Å²) in [5, 5.41) is 31.7. The van der Waals surface area contributed by atoms with Gasteiger partial charge in [0.15, 0.2) is 11.6 Å². The molecule has 5 N–H and O–H groups in total. The molecule has 3 saturated carbocycles. The number of fused-ring (bicyclic) bond motifs is 5. The minimum atomic E-state index is -4.67. The summed E-state index contributed by atoms with van der Waals surface area (Å²) in [6.45, 7) is 3.46. The van der Waals surface area contributed by atoms with Gasteiger partial charge in [-0.25, -0.2) is 0 Å². The first-order valence-electron chi connectivity index (χ1n) is 10.7. The monoisotopic (exact) mass is 484 g/mol. The Kier molecular flexibility index (Phi) is 8.30. The molecular formula is C21H33NaO9S. The van der Waals surface area contributed by atoms with Gasteiger partial charge in [-0.15, -0.1) is 0 Å². The molecule has 0 aromatic carbocycles. The summed E-state index contributed by atoms with van der Waals surface area (Å²) < 4.78 is 31.6. The first-order chi connectivity index (χ1) is 14.2. The minimum absolute atomic E-state index is 0. The van der Waals surface area contributed by atoms with E-state index in [2.05, 4.69) is 6.92 Å². The molecule has 3 fully saturated rings. The standard InChI is InChI=1S/C21H30O5.Na.H2O4S.H/c1-19-7-5-13(23)9-12(19)3-4-14-15-6-8-21(26,17(25)11-22)20(15,2)10-16(24)18(14)19;;1-5(2,3)4;/h9,14-16,18,22,24,26H,3-8,10-11H2,1-2H3;;(H2,1,2,3,4);/t14-,15-,16-,18+,19-,20-,21-;;;/m0.../s1. The first-order valence-corrected chi connectivity index (χ1v) is 12.1. The number of hydrogen-bond donors (Lipinski definition) is 5. The van der Waals surface area contributed by atoms with E-state index in [1.807, 2.05) is 6.92 Å². The van der Waals surface area contributed by atoms with Crippen LogP contribution in [0.5, 0.6) is 0 Å². The summed E-state index contributed by atoms with van der Waals surface area (Å²) in [5.74, 6) is 0.140. The van der Waals surface area contributed by atoms with Crippen LogP contribution in [-0.4, -0.2) is 92.3 Å². The Morgan fingerprint density at radius 2 is 1.75 bits per heavy atom. The van der Waals surface area contributed by atoms with Crippen molar-refractivity contribution in [1.29, 1.82) is 0 Å². The number of rotatable bonds is 2. The number of aliphatic hydroxyl groups excluding tert-OH is 2. The van der Waals surface area contributed by atoms with Gasteiger partial charge in [-0.1, -0.05) is 19.4 Å². The second kappa shape index (κ2) is 9.47. The molecule has 178 valence electrons. The second-order valence-corrected chi connectivity index (χ2v) is 10.9. The quantitative estimate of drug-likeness (QED) is 0.276. The fourth-order valence-electron chi connectivity index (χ4n) is 7.28. The van der Waals surface area contributed by atoms with Crippen LogP contribution < -0.4 is 0 Å². The Morgan fingerprint density at radius 3 is 2.31 bits per heavy atom. The molecule has 0 saturated heterocycles. The Bertz CT molecular complexity index is 895. The van der Waals surface area contributed by atoms with Gasteiger partial charge < -0.3 is 15.3 Å². The zero-order valence-corrected chi connectivity index (χ0v) is 18.6. The average Bonchev–Trinajstić information content (AvgIpc) is 2.91. The van der Waals surface area contributed by atoms with Crippen LogP contribution in [-0.2, 0) is 20.0 Å². The molecule has 11 heteroatoms. The van der Waals surface area contributed by atoms with Gasteiger partial charge in [0.1, 0.15) is 12.2 Å². The van der Waals surface area contributed by atoms with Gasteiger partial charge in [0.2, 0.25) is 0 Å². The van der Waals surface area contributed by atoms with Crippen LogP contribution in [0, 0.1) is 28.6 Å². The van der Waals surface area contributed by atoms with Gasteiger partial charge in [0, 0.05) is 11.8 Å². The summed E-state index contributed by atoms with van der Waals surface area (Å²) in [5.41, 5.74) is -1.23. The molecular weight excluding hydrogens is 451 g/mol. The van der Waals surface area contributed by atoms with Gasteiger partial charge >= 0.3 is 40.0 Å². The molecule has 0 bridgehead atoms. The van der Waals surface area contributed by atoms with E-state index >= 15 is 0 Å². The van der Waals surface area contributed by atoms with E-state index in [-0.39, 0.29) is 58.5 Å². The Balaban J connectivity index is 0.000000548. The number of allylic oxidation sites excluding steroid dienone is 1. The number of hydrogen-bond acceptors (Lipinski definition) is 7. The van der Waals surface area contributed by atoms with Crippen LogP contribution in [0.3, 0.4) is 0 Å². The summed E-state index contributed by atoms with van der Waals surface area (Å²) in [4.78, 5) is 24.3. The van der Waals surface area contributed by atoms with Crippen molar-refractivity contribution in [2.45, 2.75) is 70.5 Å². The van der Waals surface area contributed by atoms with E-state index in [9.17, 15) is 24.9 Å². The third-order valence-corrected chi connectivity index (χ3v) is 8.65. The third-order valence-electron chi connectivity index (χ3n) is 8.65. The van der Waals surface area contributed by atoms with Crippen LogP contribution in [0.25, 0.3) is 0 Å². The Labute approximate surface area is 210 Å². The van der Waals surface area contributed by atoms with Crippen molar-refractivity contribution < 1.29 is 42.4 Å². The Morgan fingerprint density at radius 1 is 1.16 bits per heavy atom. The molecule has 0 amide bonds. The third kappa shape index (κ3) is 4.67. The predicted molar refractivity (Wildman–Crippen MR) is 116 cm³/mol. The van der Waals surface area contributed by atoms with E-state index < -0.39 is 39.9 Å². The van der Waals surface area contributed by atoms with Crippen molar-refractivity contribution in [3.8, 4) is 0 Å². The average molecular weight is 485 g/mol. The summed E-state index contributed by atoms with van der Waals surface area (Å²) in [6, 6.07) is 0. The van der Waals surface area contributed by atoms with Crippen LogP contribution in [0.1, 0.15) is 58.8 Å². The molecule has 0 aromatic rings. The maximum absolute atomic E-state index is 12.4. The van der Waals surface area contributed by atoms with Gasteiger partial charge in [0.25, 0.3) is 0 Å². The van der Waals surface area contributed by atoms with E-state index in [1.165, 1.54) is 5.57 Å². The van der Waals surface area contributed by atoms with Crippen molar-refractivity contribution in [1.82, 2.24) is 0 Å². The maximum atomic E-state index is 12.4. The molecule has 4 aliphatic carbocycles. The van der Waals surface area contributed by atoms with Crippen molar-refractivity contribution in [2.75, 3.05) is 6.61 Å².